The third kappa shape index (κ3) is 3.32. The van der Waals surface area contributed by atoms with Crippen molar-refractivity contribution in [1.82, 2.24) is 19.4 Å². The molecule has 1 aromatic heterocycles. The number of hydrogen-bond acceptors (Lipinski definition) is 3. The average Bonchev–Trinajstić information content (AvgIpc) is 3.12. The second-order valence-electron chi connectivity index (χ2n) is 6.60. The Bertz CT molecular complexity index is 674. The summed E-state index contributed by atoms with van der Waals surface area (Å²) in [5.41, 5.74) is 0.727. The fourth-order valence-corrected chi connectivity index (χ4v) is 3.57. The zero-order valence-electron chi connectivity index (χ0n) is 14.2. The first-order valence-electron chi connectivity index (χ1n) is 8.18. The molecule has 5 nitrogen and oxygen atoms in total. The van der Waals surface area contributed by atoms with E-state index < -0.39 is 5.54 Å². The third-order valence-electron chi connectivity index (χ3n) is 4.81. The number of nitrogens with zero attached hydrogens (tertiary/aromatic N) is 4. The highest BCUT2D eigenvalue weighted by Crippen LogP contribution is 2.32. The van der Waals surface area contributed by atoms with Gasteiger partial charge < -0.3 is 9.47 Å². The summed E-state index contributed by atoms with van der Waals surface area (Å²) >= 11 is 5.95. The Labute approximate surface area is 147 Å². The zero-order chi connectivity index (χ0) is 17.2. The Balaban J connectivity index is 1.73. The van der Waals surface area contributed by atoms with Crippen LogP contribution in [0.2, 0.25) is 5.02 Å². The molecule has 2 aromatic rings. The van der Waals surface area contributed by atoms with E-state index in [0.29, 0.717) is 0 Å². The molecule has 3 rings (SSSR count). The standard InChI is InChI=1S/C18H23ClN4O/c1-21(2)17(24)18(23-12-9-20-14-23)7-10-22(11-8-18)13-15-3-5-16(19)6-4-15/h3-6,9,12,14H,7-8,10-11,13H2,1-2H3. The molecule has 0 radical (unpaired) electrons. The van der Waals surface area contributed by atoms with Crippen LogP contribution in [0.25, 0.3) is 0 Å². The number of likely N-dealkylation sites (tertiary alicyclic amines) is 1. The number of aromatic nitrogens is 2. The van der Waals surface area contributed by atoms with E-state index >= 15 is 0 Å². The van der Waals surface area contributed by atoms with Crippen molar-refractivity contribution in [3.63, 3.8) is 0 Å². The lowest BCUT2D eigenvalue weighted by molar-refractivity contribution is -0.141. The molecule has 1 aliphatic rings. The summed E-state index contributed by atoms with van der Waals surface area (Å²) in [6.07, 6.45) is 6.97. The summed E-state index contributed by atoms with van der Waals surface area (Å²) < 4.78 is 1.98. The van der Waals surface area contributed by atoms with Gasteiger partial charge in [0, 0.05) is 51.1 Å². The van der Waals surface area contributed by atoms with Crippen molar-refractivity contribution in [2.45, 2.75) is 24.9 Å². The number of amides is 1. The Kier molecular flexibility index (Phi) is 4.92. The molecule has 1 amide bonds. The molecule has 1 aliphatic heterocycles. The van der Waals surface area contributed by atoms with Gasteiger partial charge in [0.25, 0.3) is 0 Å². The van der Waals surface area contributed by atoms with Crippen molar-refractivity contribution in [2.75, 3.05) is 27.2 Å². The van der Waals surface area contributed by atoms with Gasteiger partial charge in [0.1, 0.15) is 5.54 Å². The monoisotopic (exact) mass is 346 g/mol. The van der Waals surface area contributed by atoms with Crippen LogP contribution in [-0.4, -0.2) is 52.4 Å². The van der Waals surface area contributed by atoms with Crippen LogP contribution < -0.4 is 0 Å². The van der Waals surface area contributed by atoms with Gasteiger partial charge in [0.15, 0.2) is 0 Å². The number of imidazole rings is 1. The van der Waals surface area contributed by atoms with Crippen LogP contribution >= 0.6 is 11.6 Å². The number of halogens is 1. The van der Waals surface area contributed by atoms with Crippen LogP contribution in [0, 0.1) is 0 Å². The number of piperidine rings is 1. The summed E-state index contributed by atoms with van der Waals surface area (Å²) in [6, 6.07) is 7.97. The van der Waals surface area contributed by atoms with E-state index in [-0.39, 0.29) is 5.91 Å². The van der Waals surface area contributed by atoms with Crippen molar-refractivity contribution < 1.29 is 4.79 Å². The Hall–Kier alpha value is -1.85. The minimum Gasteiger partial charge on any atom is -0.347 e. The molecule has 128 valence electrons. The Morgan fingerprint density at radius 3 is 2.46 bits per heavy atom. The van der Waals surface area contributed by atoms with E-state index in [9.17, 15) is 4.79 Å². The molecule has 6 heteroatoms. The lowest BCUT2D eigenvalue weighted by Gasteiger charge is -2.42. The molecule has 0 N–H and O–H groups in total. The molecule has 0 atom stereocenters. The summed E-state index contributed by atoms with van der Waals surface area (Å²) in [4.78, 5) is 21.1. The maximum atomic E-state index is 12.9. The highest BCUT2D eigenvalue weighted by molar-refractivity contribution is 6.30. The van der Waals surface area contributed by atoms with E-state index in [1.54, 1.807) is 17.4 Å². The summed E-state index contributed by atoms with van der Waals surface area (Å²) in [5.74, 6) is 0.145. The maximum Gasteiger partial charge on any atom is 0.248 e. The number of carbonyl (C=O) groups excluding carboxylic acids is 1. The van der Waals surface area contributed by atoms with Gasteiger partial charge in [-0.1, -0.05) is 23.7 Å². The Morgan fingerprint density at radius 2 is 1.92 bits per heavy atom. The molecule has 1 aromatic carbocycles. The van der Waals surface area contributed by atoms with Crippen LogP contribution in [0.4, 0.5) is 0 Å². The summed E-state index contributed by atoms with van der Waals surface area (Å²) in [7, 11) is 3.64. The van der Waals surface area contributed by atoms with Gasteiger partial charge in [-0.2, -0.15) is 0 Å². The number of rotatable bonds is 4. The third-order valence-corrected chi connectivity index (χ3v) is 5.06. The number of likely N-dealkylation sites (N-methyl/N-ethyl adjacent to an activating group) is 1. The number of benzene rings is 1. The molecule has 0 aliphatic carbocycles. The topological polar surface area (TPSA) is 41.4 Å². The number of hydrogen-bond donors (Lipinski definition) is 0. The lowest BCUT2D eigenvalue weighted by Crippen LogP contribution is -2.54. The SMILES string of the molecule is CN(C)C(=O)C1(n2ccnc2)CCN(Cc2ccc(Cl)cc2)CC1. The fraction of sp³-hybridized carbons (Fsp3) is 0.444. The van der Waals surface area contributed by atoms with Crippen molar-refractivity contribution in [1.29, 1.82) is 0 Å². The van der Waals surface area contributed by atoms with Gasteiger partial charge in [-0.05, 0) is 30.5 Å². The van der Waals surface area contributed by atoms with Gasteiger partial charge in [0.05, 0.1) is 6.33 Å². The first-order chi connectivity index (χ1) is 11.5. The molecule has 1 saturated heterocycles. The van der Waals surface area contributed by atoms with Crippen LogP contribution in [0.3, 0.4) is 0 Å². The van der Waals surface area contributed by atoms with Crippen molar-refractivity contribution >= 4 is 17.5 Å². The largest absolute Gasteiger partial charge is 0.347 e. The second-order valence-corrected chi connectivity index (χ2v) is 7.04. The second kappa shape index (κ2) is 6.95. The lowest BCUT2D eigenvalue weighted by atomic mass is 9.85. The maximum absolute atomic E-state index is 12.9. The minimum absolute atomic E-state index is 0.145. The van der Waals surface area contributed by atoms with Crippen molar-refractivity contribution in [3.05, 3.63) is 53.6 Å². The van der Waals surface area contributed by atoms with Crippen LogP contribution in [0.15, 0.2) is 43.0 Å². The first-order valence-corrected chi connectivity index (χ1v) is 8.56. The number of carbonyl (C=O) groups is 1. The quantitative estimate of drug-likeness (QED) is 0.854. The predicted molar refractivity (Wildman–Crippen MR) is 94.9 cm³/mol. The smallest absolute Gasteiger partial charge is 0.248 e. The molecule has 0 bridgehead atoms. The summed E-state index contributed by atoms with van der Waals surface area (Å²) in [5, 5.41) is 0.757. The molecular formula is C18H23ClN4O. The molecule has 0 saturated carbocycles. The average molecular weight is 347 g/mol. The van der Waals surface area contributed by atoms with Gasteiger partial charge in [0.2, 0.25) is 5.91 Å². The predicted octanol–water partition coefficient (Wildman–Crippen LogP) is 2.62. The Morgan fingerprint density at radius 1 is 1.25 bits per heavy atom. The van der Waals surface area contributed by atoms with E-state index in [2.05, 4.69) is 22.0 Å². The normalized spacial score (nSPS) is 17.6. The van der Waals surface area contributed by atoms with Crippen LogP contribution in [-0.2, 0) is 16.9 Å². The molecule has 2 heterocycles. The molecular weight excluding hydrogens is 324 g/mol. The van der Waals surface area contributed by atoms with E-state index in [1.165, 1.54) is 5.56 Å². The van der Waals surface area contributed by atoms with Crippen LogP contribution in [0.1, 0.15) is 18.4 Å². The van der Waals surface area contributed by atoms with Crippen LogP contribution in [0.5, 0.6) is 0 Å². The van der Waals surface area contributed by atoms with E-state index in [1.807, 2.05) is 37.0 Å². The van der Waals surface area contributed by atoms with E-state index in [4.69, 9.17) is 11.6 Å². The molecule has 0 unspecified atom stereocenters. The highest BCUT2D eigenvalue weighted by Gasteiger charge is 2.43. The molecule has 0 spiro atoms. The zero-order valence-corrected chi connectivity index (χ0v) is 14.9. The van der Waals surface area contributed by atoms with Gasteiger partial charge in [-0.25, -0.2) is 4.98 Å². The van der Waals surface area contributed by atoms with Crippen molar-refractivity contribution in [2.24, 2.45) is 0 Å². The van der Waals surface area contributed by atoms with Gasteiger partial charge >= 0.3 is 0 Å². The minimum atomic E-state index is -0.517. The molecule has 24 heavy (non-hydrogen) atoms. The van der Waals surface area contributed by atoms with E-state index in [0.717, 1.165) is 37.5 Å². The first kappa shape index (κ1) is 17.0. The van der Waals surface area contributed by atoms with Crippen molar-refractivity contribution in [3.8, 4) is 0 Å². The van der Waals surface area contributed by atoms with Gasteiger partial charge in [-0.15, -0.1) is 0 Å². The highest BCUT2D eigenvalue weighted by atomic mass is 35.5. The fourth-order valence-electron chi connectivity index (χ4n) is 3.44. The van der Waals surface area contributed by atoms with Gasteiger partial charge in [-0.3, -0.25) is 9.69 Å². The summed E-state index contributed by atoms with van der Waals surface area (Å²) in [6.45, 7) is 2.63. The molecule has 1 fully saturated rings.